The van der Waals surface area contributed by atoms with Crippen molar-refractivity contribution in [2.24, 2.45) is 11.7 Å². The van der Waals surface area contributed by atoms with Gasteiger partial charge in [-0.05, 0) is 24.1 Å². The Bertz CT molecular complexity index is 484. The maximum atomic E-state index is 12.0. The van der Waals surface area contributed by atoms with Crippen LogP contribution in [0.4, 0.5) is 0 Å². The monoisotopic (exact) mass is 340 g/mol. The molecule has 1 fully saturated rings. The number of hydrogen-bond acceptors (Lipinski definition) is 3. The van der Waals surface area contributed by atoms with Crippen LogP contribution in [0.15, 0.2) is 28.7 Å². The largest absolute Gasteiger partial charge is 0.381 e. The van der Waals surface area contributed by atoms with E-state index in [1.807, 2.05) is 24.3 Å². The summed E-state index contributed by atoms with van der Waals surface area (Å²) in [5.41, 5.74) is 6.31. The second-order valence-corrected chi connectivity index (χ2v) is 5.77. The number of nitrogens with two attached hydrogens (primary N) is 1. The summed E-state index contributed by atoms with van der Waals surface area (Å²) in [5, 5.41) is 2.72. The first-order valence-electron chi connectivity index (χ1n) is 6.48. The lowest BCUT2D eigenvalue weighted by Crippen LogP contribution is -2.48. The lowest BCUT2D eigenvalue weighted by Gasteiger charge is -2.17. The minimum absolute atomic E-state index is 0.164. The third-order valence-corrected chi connectivity index (χ3v) is 3.84. The van der Waals surface area contributed by atoms with Gasteiger partial charge in [-0.25, -0.2) is 0 Å². The number of hydrogen-bond donors (Lipinski definition) is 2. The van der Waals surface area contributed by atoms with Gasteiger partial charge in [0.05, 0.1) is 12.5 Å². The van der Waals surface area contributed by atoms with E-state index in [1.54, 1.807) is 0 Å². The Morgan fingerprint density at radius 3 is 2.65 bits per heavy atom. The average molecular weight is 341 g/mol. The third-order valence-electron chi connectivity index (χ3n) is 3.31. The molecule has 0 aromatic heterocycles. The van der Waals surface area contributed by atoms with E-state index >= 15 is 0 Å². The number of halogens is 1. The standard InChI is InChI=1S/C14H17BrN2O3/c15-11-3-1-9(2-4-11)7-12(13(16)18)17-14(19)10-5-6-20-8-10/h1-4,10,12H,5-8H2,(H2,16,18)(H,17,19)/t10-,12+/m1/s1. The molecule has 5 nitrogen and oxygen atoms in total. The van der Waals surface area contributed by atoms with Crippen LogP contribution in [0.5, 0.6) is 0 Å². The Balaban J connectivity index is 1.98. The molecule has 0 saturated carbocycles. The molecule has 2 rings (SSSR count). The van der Waals surface area contributed by atoms with Crippen molar-refractivity contribution in [3.05, 3.63) is 34.3 Å². The highest BCUT2D eigenvalue weighted by Crippen LogP contribution is 2.14. The van der Waals surface area contributed by atoms with Crippen LogP contribution in [-0.2, 0) is 20.7 Å². The normalized spacial score (nSPS) is 19.6. The number of ether oxygens (including phenoxy) is 1. The van der Waals surface area contributed by atoms with E-state index in [1.165, 1.54) is 0 Å². The molecule has 2 atom stereocenters. The predicted octanol–water partition coefficient (Wildman–Crippen LogP) is 0.998. The third kappa shape index (κ3) is 4.05. The van der Waals surface area contributed by atoms with Crippen LogP contribution in [0.25, 0.3) is 0 Å². The molecule has 1 saturated heterocycles. The summed E-state index contributed by atoms with van der Waals surface area (Å²) in [4.78, 5) is 23.5. The van der Waals surface area contributed by atoms with Gasteiger partial charge in [-0.2, -0.15) is 0 Å². The Labute approximate surface area is 126 Å². The van der Waals surface area contributed by atoms with Crippen molar-refractivity contribution < 1.29 is 14.3 Å². The van der Waals surface area contributed by atoms with Crippen LogP contribution < -0.4 is 11.1 Å². The second kappa shape index (κ2) is 6.85. The Morgan fingerprint density at radius 2 is 2.10 bits per heavy atom. The summed E-state index contributed by atoms with van der Waals surface area (Å²) >= 11 is 3.35. The molecule has 1 aromatic carbocycles. The molecule has 0 aliphatic carbocycles. The molecule has 3 N–H and O–H groups in total. The van der Waals surface area contributed by atoms with Crippen molar-refractivity contribution in [2.75, 3.05) is 13.2 Å². The fraction of sp³-hybridized carbons (Fsp3) is 0.429. The molecular formula is C14H17BrN2O3. The van der Waals surface area contributed by atoms with Gasteiger partial charge in [-0.15, -0.1) is 0 Å². The quantitative estimate of drug-likeness (QED) is 0.838. The molecule has 1 aliphatic heterocycles. The van der Waals surface area contributed by atoms with E-state index in [-0.39, 0.29) is 11.8 Å². The number of primary amides is 1. The molecule has 1 heterocycles. The molecule has 2 amide bonds. The number of benzene rings is 1. The first kappa shape index (κ1) is 15.0. The van der Waals surface area contributed by atoms with Crippen molar-refractivity contribution in [2.45, 2.75) is 18.9 Å². The number of carbonyl (C=O) groups excluding carboxylic acids is 2. The first-order valence-corrected chi connectivity index (χ1v) is 7.27. The van der Waals surface area contributed by atoms with Gasteiger partial charge in [0.25, 0.3) is 0 Å². The molecule has 20 heavy (non-hydrogen) atoms. The van der Waals surface area contributed by atoms with Crippen LogP contribution in [0.3, 0.4) is 0 Å². The van der Waals surface area contributed by atoms with Crippen molar-refractivity contribution in [3.8, 4) is 0 Å². The average Bonchev–Trinajstić information content (AvgIpc) is 2.94. The zero-order chi connectivity index (χ0) is 14.5. The van der Waals surface area contributed by atoms with Crippen molar-refractivity contribution in [3.63, 3.8) is 0 Å². The number of nitrogens with one attached hydrogen (secondary N) is 1. The van der Waals surface area contributed by atoms with E-state index in [2.05, 4.69) is 21.2 Å². The Kier molecular flexibility index (Phi) is 5.14. The second-order valence-electron chi connectivity index (χ2n) is 4.85. The fourth-order valence-electron chi connectivity index (χ4n) is 2.11. The van der Waals surface area contributed by atoms with Gasteiger partial charge in [-0.3, -0.25) is 9.59 Å². The Morgan fingerprint density at radius 1 is 1.40 bits per heavy atom. The highest BCUT2D eigenvalue weighted by molar-refractivity contribution is 9.10. The summed E-state index contributed by atoms with van der Waals surface area (Å²) < 4.78 is 6.13. The van der Waals surface area contributed by atoms with E-state index in [9.17, 15) is 9.59 Å². The zero-order valence-electron chi connectivity index (χ0n) is 11.0. The van der Waals surface area contributed by atoms with Crippen LogP contribution in [0.1, 0.15) is 12.0 Å². The van der Waals surface area contributed by atoms with Gasteiger partial charge >= 0.3 is 0 Å². The summed E-state index contributed by atoms with van der Waals surface area (Å²) in [6.07, 6.45) is 1.08. The van der Waals surface area contributed by atoms with E-state index in [0.29, 0.717) is 26.1 Å². The maximum absolute atomic E-state index is 12.0. The van der Waals surface area contributed by atoms with E-state index in [4.69, 9.17) is 10.5 Å². The fourth-order valence-corrected chi connectivity index (χ4v) is 2.37. The Hall–Kier alpha value is -1.40. The first-order chi connectivity index (χ1) is 9.56. The van der Waals surface area contributed by atoms with Gasteiger partial charge in [0.1, 0.15) is 6.04 Å². The number of rotatable bonds is 5. The molecule has 6 heteroatoms. The maximum Gasteiger partial charge on any atom is 0.240 e. The predicted molar refractivity (Wildman–Crippen MR) is 77.9 cm³/mol. The van der Waals surface area contributed by atoms with Gasteiger partial charge in [0.2, 0.25) is 11.8 Å². The number of amides is 2. The summed E-state index contributed by atoms with van der Waals surface area (Å²) in [6, 6.07) is 6.87. The summed E-state index contributed by atoms with van der Waals surface area (Å²) in [7, 11) is 0. The lowest BCUT2D eigenvalue weighted by atomic mass is 10.0. The van der Waals surface area contributed by atoms with Gasteiger partial charge in [0, 0.05) is 17.5 Å². The minimum atomic E-state index is -0.690. The summed E-state index contributed by atoms with van der Waals surface area (Å²) in [6.45, 7) is 1.00. The molecule has 0 radical (unpaired) electrons. The molecule has 0 spiro atoms. The summed E-state index contributed by atoms with van der Waals surface area (Å²) in [5.74, 6) is -0.870. The molecule has 0 bridgehead atoms. The smallest absolute Gasteiger partial charge is 0.240 e. The van der Waals surface area contributed by atoms with Crippen LogP contribution in [-0.4, -0.2) is 31.1 Å². The van der Waals surface area contributed by atoms with Gasteiger partial charge < -0.3 is 15.8 Å². The molecular weight excluding hydrogens is 324 g/mol. The van der Waals surface area contributed by atoms with E-state index in [0.717, 1.165) is 10.0 Å². The number of carbonyl (C=O) groups is 2. The molecule has 1 aromatic rings. The van der Waals surface area contributed by atoms with Crippen molar-refractivity contribution in [1.82, 2.24) is 5.32 Å². The van der Waals surface area contributed by atoms with Crippen LogP contribution in [0.2, 0.25) is 0 Å². The van der Waals surface area contributed by atoms with Crippen molar-refractivity contribution >= 4 is 27.7 Å². The molecule has 108 valence electrons. The minimum Gasteiger partial charge on any atom is -0.381 e. The highest BCUT2D eigenvalue weighted by atomic mass is 79.9. The highest BCUT2D eigenvalue weighted by Gasteiger charge is 2.27. The SMILES string of the molecule is NC(=O)[C@H](Cc1ccc(Br)cc1)NC(=O)[C@@H]1CCOC1. The van der Waals surface area contributed by atoms with Gasteiger partial charge in [0.15, 0.2) is 0 Å². The van der Waals surface area contributed by atoms with Crippen LogP contribution in [0, 0.1) is 5.92 Å². The van der Waals surface area contributed by atoms with Gasteiger partial charge in [-0.1, -0.05) is 28.1 Å². The van der Waals surface area contributed by atoms with E-state index < -0.39 is 11.9 Å². The topological polar surface area (TPSA) is 81.4 Å². The molecule has 0 unspecified atom stereocenters. The van der Waals surface area contributed by atoms with Crippen molar-refractivity contribution in [1.29, 1.82) is 0 Å². The van der Waals surface area contributed by atoms with Crippen LogP contribution >= 0.6 is 15.9 Å². The molecule has 1 aliphatic rings. The lowest BCUT2D eigenvalue weighted by molar-refractivity contribution is -0.129. The zero-order valence-corrected chi connectivity index (χ0v) is 12.6.